The number of amides is 1. The summed E-state index contributed by atoms with van der Waals surface area (Å²) in [5, 5.41) is 3.17. The quantitative estimate of drug-likeness (QED) is 0.737. The van der Waals surface area contributed by atoms with Crippen LogP contribution in [0.3, 0.4) is 0 Å². The van der Waals surface area contributed by atoms with Crippen LogP contribution in [0.5, 0.6) is 0 Å². The van der Waals surface area contributed by atoms with Crippen molar-refractivity contribution in [2.45, 2.75) is 25.3 Å². The molecule has 1 aliphatic rings. The fourth-order valence-electron chi connectivity index (χ4n) is 1.84. The van der Waals surface area contributed by atoms with Gasteiger partial charge in [0, 0.05) is 32.6 Å². The first-order valence-corrected chi connectivity index (χ1v) is 7.22. The molecule has 1 atom stereocenters. The van der Waals surface area contributed by atoms with Gasteiger partial charge in [0.2, 0.25) is 5.91 Å². The predicted octanol–water partition coefficient (Wildman–Crippen LogP) is -0.368. The van der Waals surface area contributed by atoms with Gasteiger partial charge in [0.1, 0.15) is 0 Å². The second-order valence-corrected chi connectivity index (χ2v) is 7.05. The first kappa shape index (κ1) is 13.4. The molecule has 1 amide bonds. The molecule has 1 unspecified atom stereocenters. The third-order valence-electron chi connectivity index (χ3n) is 2.89. The zero-order chi connectivity index (χ0) is 12.4. The maximum absolute atomic E-state index is 11.3. The van der Waals surface area contributed by atoms with Crippen molar-refractivity contribution in [2.24, 2.45) is 0 Å². The molecule has 16 heavy (non-hydrogen) atoms. The highest BCUT2D eigenvalue weighted by molar-refractivity contribution is 7.91. The zero-order valence-electron chi connectivity index (χ0n) is 10.1. The van der Waals surface area contributed by atoms with Crippen LogP contribution in [-0.2, 0) is 14.6 Å². The SMILES string of the molecule is CN(C)C(=O)CCNC1(C)CCS(=O)(=O)C1. The largest absolute Gasteiger partial charge is 0.349 e. The summed E-state index contributed by atoms with van der Waals surface area (Å²) in [6, 6.07) is 0. The molecular formula is C10H20N2O3S. The predicted molar refractivity (Wildman–Crippen MR) is 63.0 cm³/mol. The molecule has 94 valence electrons. The molecule has 1 saturated heterocycles. The van der Waals surface area contributed by atoms with Gasteiger partial charge < -0.3 is 10.2 Å². The maximum atomic E-state index is 11.3. The van der Waals surface area contributed by atoms with Crippen LogP contribution in [0.1, 0.15) is 19.8 Å². The Hall–Kier alpha value is -0.620. The molecule has 0 aromatic heterocycles. The fraction of sp³-hybridized carbons (Fsp3) is 0.900. The number of hydrogen-bond donors (Lipinski definition) is 1. The average molecular weight is 248 g/mol. The van der Waals surface area contributed by atoms with E-state index in [1.54, 1.807) is 14.1 Å². The van der Waals surface area contributed by atoms with Crippen LogP contribution in [-0.4, -0.2) is 56.9 Å². The Morgan fingerprint density at radius 2 is 2.06 bits per heavy atom. The van der Waals surface area contributed by atoms with Gasteiger partial charge in [-0.1, -0.05) is 0 Å². The van der Waals surface area contributed by atoms with E-state index in [0.29, 0.717) is 19.4 Å². The third-order valence-corrected chi connectivity index (χ3v) is 4.80. The molecule has 0 aromatic rings. The van der Waals surface area contributed by atoms with E-state index in [-0.39, 0.29) is 23.0 Å². The Balaban J connectivity index is 2.36. The number of hydrogen-bond acceptors (Lipinski definition) is 4. The van der Waals surface area contributed by atoms with E-state index in [9.17, 15) is 13.2 Å². The molecule has 6 heteroatoms. The lowest BCUT2D eigenvalue weighted by atomic mass is 10.0. The first-order valence-electron chi connectivity index (χ1n) is 5.40. The van der Waals surface area contributed by atoms with Crippen LogP contribution < -0.4 is 5.32 Å². The minimum atomic E-state index is -2.88. The molecule has 1 aliphatic heterocycles. The number of carbonyl (C=O) groups is 1. The zero-order valence-corrected chi connectivity index (χ0v) is 10.9. The highest BCUT2D eigenvalue weighted by atomic mass is 32.2. The van der Waals surface area contributed by atoms with Gasteiger partial charge in [-0.05, 0) is 13.3 Å². The first-order chi connectivity index (χ1) is 7.24. The fourth-order valence-corrected chi connectivity index (χ4v) is 3.97. The summed E-state index contributed by atoms with van der Waals surface area (Å²) < 4.78 is 22.7. The molecule has 0 spiro atoms. The average Bonchev–Trinajstić information content (AvgIpc) is 2.40. The van der Waals surface area contributed by atoms with Gasteiger partial charge >= 0.3 is 0 Å². The van der Waals surface area contributed by atoms with Gasteiger partial charge in [-0.2, -0.15) is 0 Å². The number of nitrogens with zero attached hydrogens (tertiary/aromatic N) is 1. The maximum Gasteiger partial charge on any atom is 0.223 e. The summed E-state index contributed by atoms with van der Waals surface area (Å²) in [6.45, 7) is 2.43. The summed E-state index contributed by atoms with van der Waals surface area (Å²) in [4.78, 5) is 12.9. The molecule has 5 nitrogen and oxygen atoms in total. The van der Waals surface area contributed by atoms with E-state index in [4.69, 9.17) is 0 Å². The van der Waals surface area contributed by atoms with E-state index < -0.39 is 9.84 Å². The van der Waals surface area contributed by atoms with E-state index >= 15 is 0 Å². The molecule has 0 bridgehead atoms. The number of nitrogens with one attached hydrogen (secondary N) is 1. The number of sulfone groups is 1. The van der Waals surface area contributed by atoms with Crippen molar-refractivity contribution in [2.75, 3.05) is 32.1 Å². The topological polar surface area (TPSA) is 66.5 Å². The molecule has 1 rings (SSSR count). The Bertz CT molecular complexity index is 364. The minimum Gasteiger partial charge on any atom is -0.349 e. The molecule has 1 N–H and O–H groups in total. The molecule has 0 aliphatic carbocycles. The van der Waals surface area contributed by atoms with E-state index in [1.165, 1.54) is 4.90 Å². The van der Waals surface area contributed by atoms with Crippen molar-refractivity contribution in [1.29, 1.82) is 0 Å². The highest BCUT2D eigenvalue weighted by Crippen LogP contribution is 2.22. The summed E-state index contributed by atoms with van der Waals surface area (Å²) in [5.74, 6) is 0.478. The van der Waals surface area contributed by atoms with E-state index in [1.807, 2.05) is 6.92 Å². The van der Waals surface area contributed by atoms with Gasteiger partial charge in [0.25, 0.3) is 0 Å². The summed E-state index contributed by atoms with van der Waals surface area (Å²) in [5.41, 5.74) is -0.356. The molecule has 0 aromatic carbocycles. The van der Waals surface area contributed by atoms with E-state index in [0.717, 1.165) is 0 Å². The summed E-state index contributed by atoms with van der Waals surface area (Å²) in [7, 11) is 0.546. The Morgan fingerprint density at radius 1 is 1.44 bits per heavy atom. The van der Waals surface area contributed by atoms with Crippen molar-refractivity contribution in [1.82, 2.24) is 10.2 Å². The number of carbonyl (C=O) groups excluding carboxylic acids is 1. The monoisotopic (exact) mass is 248 g/mol. The van der Waals surface area contributed by atoms with Crippen LogP contribution >= 0.6 is 0 Å². The van der Waals surface area contributed by atoms with Gasteiger partial charge in [-0.25, -0.2) is 8.42 Å². The van der Waals surface area contributed by atoms with Gasteiger partial charge in [-0.15, -0.1) is 0 Å². The van der Waals surface area contributed by atoms with Gasteiger partial charge in [0.15, 0.2) is 9.84 Å². The smallest absolute Gasteiger partial charge is 0.223 e. The summed E-state index contributed by atoms with van der Waals surface area (Å²) >= 11 is 0. The number of rotatable bonds is 4. The minimum absolute atomic E-state index is 0.0527. The summed E-state index contributed by atoms with van der Waals surface area (Å²) in [6.07, 6.45) is 1.04. The van der Waals surface area contributed by atoms with Gasteiger partial charge in [-0.3, -0.25) is 4.79 Å². The molecule has 1 fully saturated rings. The molecular weight excluding hydrogens is 228 g/mol. The lowest BCUT2D eigenvalue weighted by molar-refractivity contribution is -0.128. The second kappa shape index (κ2) is 4.71. The van der Waals surface area contributed by atoms with Crippen LogP contribution in [0, 0.1) is 0 Å². The van der Waals surface area contributed by atoms with Crippen LogP contribution in [0.25, 0.3) is 0 Å². The van der Waals surface area contributed by atoms with Crippen LogP contribution in [0.4, 0.5) is 0 Å². The van der Waals surface area contributed by atoms with Crippen molar-refractivity contribution >= 4 is 15.7 Å². The van der Waals surface area contributed by atoms with Crippen molar-refractivity contribution in [3.63, 3.8) is 0 Å². The molecule has 0 saturated carbocycles. The lowest BCUT2D eigenvalue weighted by Crippen LogP contribution is -2.44. The lowest BCUT2D eigenvalue weighted by Gasteiger charge is -2.24. The van der Waals surface area contributed by atoms with Gasteiger partial charge in [0.05, 0.1) is 11.5 Å². The third kappa shape index (κ3) is 3.75. The van der Waals surface area contributed by atoms with Crippen molar-refractivity contribution < 1.29 is 13.2 Å². The normalized spacial score (nSPS) is 27.9. The van der Waals surface area contributed by atoms with Crippen molar-refractivity contribution in [3.8, 4) is 0 Å². The Labute approximate surface area is 97.1 Å². The second-order valence-electron chi connectivity index (χ2n) is 4.87. The van der Waals surface area contributed by atoms with Crippen molar-refractivity contribution in [3.05, 3.63) is 0 Å². The standard InChI is InChI=1S/C10H20N2O3S/c1-10(5-7-16(14,15)8-10)11-6-4-9(13)12(2)3/h11H,4-8H2,1-3H3. The Kier molecular flexibility index (Phi) is 3.96. The van der Waals surface area contributed by atoms with Crippen LogP contribution in [0.2, 0.25) is 0 Å². The van der Waals surface area contributed by atoms with Crippen LogP contribution in [0.15, 0.2) is 0 Å². The highest BCUT2D eigenvalue weighted by Gasteiger charge is 2.37. The Morgan fingerprint density at radius 3 is 2.50 bits per heavy atom. The van der Waals surface area contributed by atoms with E-state index in [2.05, 4.69) is 5.32 Å². The molecule has 1 heterocycles. The molecule has 0 radical (unpaired) electrons.